The predicted octanol–water partition coefficient (Wildman–Crippen LogP) is 2.87. The smallest absolute Gasteiger partial charge is 0.142 e. The molecule has 1 rings (SSSR count). The fraction of sp³-hybridized carbons (Fsp3) is 0.500. The molecule has 0 aliphatic carbocycles. The monoisotopic (exact) mass is 286 g/mol. The molecule has 0 amide bonds. The maximum atomic E-state index is 5.32. The highest BCUT2D eigenvalue weighted by Crippen LogP contribution is 2.30. The van der Waals surface area contributed by atoms with E-state index in [4.69, 9.17) is 4.74 Å². The molecule has 3 nitrogen and oxygen atoms in total. The Morgan fingerprint density at radius 2 is 2.06 bits per heavy atom. The third kappa shape index (κ3) is 3.68. The molecule has 0 aromatic heterocycles. The molecule has 0 saturated heterocycles. The third-order valence-corrected chi connectivity index (χ3v) is 2.75. The SMILES string of the molecule is CNCC(C)(C)Nc1cc(Br)ccc1OC. The molecular weight excluding hydrogens is 268 g/mol. The van der Waals surface area contributed by atoms with Gasteiger partial charge in [0.25, 0.3) is 0 Å². The number of methoxy groups -OCH3 is 1. The number of benzene rings is 1. The molecule has 0 spiro atoms. The van der Waals surface area contributed by atoms with Crippen LogP contribution in [-0.4, -0.2) is 26.2 Å². The van der Waals surface area contributed by atoms with Gasteiger partial charge in [-0.25, -0.2) is 0 Å². The number of ether oxygens (including phenoxy) is 1. The molecule has 4 heteroatoms. The first-order valence-corrected chi connectivity index (χ1v) is 6.04. The van der Waals surface area contributed by atoms with Gasteiger partial charge in [0.15, 0.2) is 0 Å². The van der Waals surface area contributed by atoms with E-state index in [2.05, 4.69) is 40.4 Å². The average Bonchev–Trinajstić information content (AvgIpc) is 2.17. The van der Waals surface area contributed by atoms with Crippen LogP contribution >= 0.6 is 15.9 Å². The van der Waals surface area contributed by atoms with Crippen molar-refractivity contribution >= 4 is 21.6 Å². The van der Waals surface area contributed by atoms with E-state index in [1.54, 1.807) is 7.11 Å². The van der Waals surface area contributed by atoms with Crippen molar-refractivity contribution in [1.29, 1.82) is 0 Å². The van der Waals surface area contributed by atoms with Crippen molar-refractivity contribution in [3.05, 3.63) is 22.7 Å². The Morgan fingerprint density at radius 1 is 1.38 bits per heavy atom. The lowest BCUT2D eigenvalue weighted by Gasteiger charge is -2.28. The summed E-state index contributed by atoms with van der Waals surface area (Å²) in [6.45, 7) is 5.16. The third-order valence-electron chi connectivity index (χ3n) is 2.25. The molecule has 1 aromatic rings. The minimum atomic E-state index is -0.0250. The van der Waals surface area contributed by atoms with E-state index in [9.17, 15) is 0 Å². The molecule has 0 aliphatic heterocycles. The molecule has 0 atom stereocenters. The highest BCUT2D eigenvalue weighted by molar-refractivity contribution is 9.10. The first kappa shape index (κ1) is 13.3. The van der Waals surface area contributed by atoms with Gasteiger partial charge in [0.1, 0.15) is 5.75 Å². The molecule has 0 aliphatic rings. The van der Waals surface area contributed by atoms with Crippen molar-refractivity contribution in [2.24, 2.45) is 0 Å². The van der Waals surface area contributed by atoms with Crippen molar-refractivity contribution in [3.63, 3.8) is 0 Å². The summed E-state index contributed by atoms with van der Waals surface area (Å²) in [6, 6.07) is 5.94. The maximum Gasteiger partial charge on any atom is 0.142 e. The van der Waals surface area contributed by atoms with E-state index >= 15 is 0 Å². The standard InChI is InChI=1S/C12H19BrN2O/c1-12(2,8-14-3)15-10-7-9(13)5-6-11(10)16-4/h5-7,14-15H,8H2,1-4H3. The minimum absolute atomic E-state index is 0.0250. The van der Waals surface area contributed by atoms with Crippen LogP contribution in [0.15, 0.2) is 22.7 Å². The van der Waals surface area contributed by atoms with E-state index in [0.717, 1.165) is 22.5 Å². The molecule has 0 heterocycles. The fourth-order valence-electron chi connectivity index (χ4n) is 1.63. The quantitative estimate of drug-likeness (QED) is 0.873. The van der Waals surface area contributed by atoms with Crippen LogP contribution < -0.4 is 15.4 Å². The van der Waals surface area contributed by atoms with Crippen molar-refractivity contribution in [1.82, 2.24) is 5.32 Å². The summed E-state index contributed by atoms with van der Waals surface area (Å²) in [5, 5.41) is 6.63. The Bertz CT molecular complexity index is 353. The van der Waals surface area contributed by atoms with Crippen LogP contribution in [0.25, 0.3) is 0 Å². The highest BCUT2D eigenvalue weighted by Gasteiger charge is 2.18. The Morgan fingerprint density at radius 3 is 2.62 bits per heavy atom. The molecule has 2 N–H and O–H groups in total. The molecule has 1 aromatic carbocycles. The van der Waals surface area contributed by atoms with Crippen LogP contribution in [0.3, 0.4) is 0 Å². The topological polar surface area (TPSA) is 33.3 Å². The lowest BCUT2D eigenvalue weighted by atomic mass is 10.1. The Hall–Kier alpha value is -0.740. The van der Waals surface area contributed by atoms with Crippen LogP contribution in [0.4, 0.5) is 5.69 Å². The second kappa shape index (κ2) is 5.55. The van der Waals surface area contributed by atoms with E-state index < -0.39 is 0 Å². The number of hydrogen-bond acceptors (Lipinski definition) is 3. The molecule has 0 unspecified atom stereocenters. The molecule has 90 valence electrons. The molecule has 0 fully saturated rings. The second-order valence-electron chi connectivity index (χ2n) is 4.38. The summed E-state index contributed by atoms with van der Waals surface area (Å²) in [5.74, 6) is 0.854. The van der Waals surface area contributed by atoms with Crippen LogP contribution in [0.5, 0.6) is 5.75 Å². The molecule has 16 heavy (non-hydrogen) atoms. The summed E-state index contributed by atoms with van der Waals surface area (Å²) in [5.41, 5.74) is 0.972. The van der Waals surface area contributed by atoms with Crippen LogP contribution in [-0.2, 0) is 0 Å². The number of nitrogens with one attached hydrogen (secondary N) is 2. The number of rotatable bonds is 5. The number of likely N-dealkylation sites (N-methyl/N-ethyl adjacent to an activating group) is 1. The summed E-state index contributed by atoms with van der Waals surface area (Å²) >= 11 is 3.46. The summed E-state index contributed by atoms with van der Waals surface area (Å²) in [4.78, 5) is 0. The van der Waals surface area contributed by atoms with Gasteiger partial charge in [-0.1, -0.05) is 15.9 Å². The minimum Gasteiger partial charge on any atom is -0.495 e. The molecule has 0 saturated carbocycles. The second-order valence-corrected chi connectivity index (χ2v) is 5.30. The summed E-state index contributed by atoms with van der Waals surface area (Å²) < 4.78 is 6.36. The van der Waals surface area contributed by atoms with E-state index in [0.29, 0.717) is 0 Å². The maximum absolute atomic E-state index is 5.32. The van der Waals surface area contributed by atoms with E-state index in [1.807, 2.05) is 25.2 Å². The number of halogens is 1. The lowest BCUT2D eigenvalue weighted by molar-refractivity contribution is 0.414. The van der Waals surface area contributed by atoms with Gasteiger partial charge >= 0.3 is 0 Å². The zero-order chi connectivity index (χ0) is 12.2. The molecule has 0 radical (unpaired) electrons. The van der Waals surface area contributed by atoms with Gasteiger partial charge in [0, 0.05) is 16.6 Å². The van der Waals surface area contributed by atoms with Gasteiger partial charge in [-0.2, -0.15) is 0 Å². The highest BCUT2D eigenvalue weighted by atomic mass is 79.9. The van der Waals surface area contributed by atoms with Crippen LogP contribution in [0.2, 0.25) is 0 Å². The Labute approximate surface area is 106 Å². The molecule has 0 bridgehead atoms. The van der Waals surface area contributed by atoms with Gasteiger partial charge in [0.05, 0.1) is 12.8 Å². The fourth-order valence-corrected chi connectivity index (χ4v) is 1.99. The number of anilines is 1. The van der Waals surface area contributed by atoms with Crippen molar-refractivity contribution in [2.45, 2.75) is 19.4 Å². The Balaban J connectivity index is 2.90. The zero-order valence-electron chi connectivity index (χ0n) is 10.2. The largest absolute Gasteiger partial charge is 0.495 e. The normalized spacial score (nSPS) is 11.3. The van der Waals surface area contributed by atoms with E-state index in [-0.39, 0.29) is 5.54 Å². The number of hydrogen-bond donors (Lipinski definition) is 2. The first-order chi connectivity index (χ1) is 7.48. The summed E-state index contributed by atoms with van der Waals surface area (Å²) in [6.07, 6.45) is 0. The van der Waals surface area contributed by atoms with Crippen LogP contribution in [0, 0.1) is 0 Å². The van der Waals surface area contributed by atoms with Gasteiger partial charge in [0.2, 0.25) is 0 Å². The predicted molar refractivity (Wildman–Crippen MR) is 72.3 cm³/mol. The van der Waals surface area contributed by atoms with Gasteiger partial charge in [-0.05, 0) is 39.1 Å². The van der Waals surface area contributed by atoms with Gasteiger partial charge < -0.3 is 15.4 Å². The zero-order valence-corrected chi connectivity index (χ0v) is 11.8. The van der Waals surface area contributed by atoms with Crippen molar-refractivity contribution in [2.75, 3.05) is 26.0 Å². The van der Waals surface area contributed by atoms with Gasteiger partial charge in [-0.3, -0.25) is 0 Å². The lowest BCUT2D eigenvalue weighted by Crippen LogP contribution is -2.40. The average molecular weight is 287 g/mol. The summed E-state index contributed by atoms with van der Waals surface area (Å²) in [7, 11) is 3.63. The van der Waals surface area contributed by atoms with Gasteiger partial charge in [-0.15, -0.1) is 0 Å². The Kier molecular flexibility index (Phi) is 4.62. The van der Waals surface area contributed by atoms with E-state index in [1.165, 1.54) is 0 Å². The van der Waals surface area contributed by atoms with Crippen molar-refractivity contribution in [3.8, 4) is 5.75 Å². The first-order valence-electron chi connectivity index (χ1n) is 5.25. The van der Waals surface area contributed by atoms with Crippen molar-refractivity contribution < 1.29 is 4.74 Å². The van der Waals surface area contributed by atoms with Crippen LogP contribution in [0.1, 0.15) is 13.8 Å². The molecular formula is C12H19BrN2O.